The van der Waals surface area contributed by atoms with Crippen LogP contribution < -0.4 is 10.5 Å². The Labute approximate surface area is 216 Å². The molecule has 0 spiro atoms. The predicted octanol–water partition coefficient (Wildman–Crippen LogP) is 4.30. The molecule has 0 fully saturated rings. The molecule has 0 saturated carbocycles. The fourth-order valence-electron chi connectivity index (χ4n) is 4.14. The minimum atomic E-state index is -4.48. The van der Waals surface area contributed by atoms with Gasteiger partial charge in [0, 0.05) is 30.8 Å². The van der Waals surface area contributed by atoms with E-state index in [2.05, 4.69) is 25.4 Å². The van der Waals surface area contributed by atoms with Crippen LogP contribution in [0.1, 0.15) is 22.4 Å². The average molecular weight is 635 g/mol. The summed E-state index contributed by atoms with van der Waals surface area (Å²) in [6.07, 6.45) is -0.997. The third-order valence-corrected chi connectivity index (χ3v) is 7.94. The first-order valence-corrected chi connectivity index (χ1v) is 14.7. The third-order valence-electron chi connectivity index (χ3n) is 5.74. The van der Waals surface area contributed by atoms with E-state index in [1.807, 2.05) is 26.9 Å². The Morgan fingerprint density at radius 1 is 1.26 bits per heavy atom. The van der Waals surface area contributed by atoms with Gasteiger partial charge in [-0.05, 0) is 33.7 Å². The zero-order valence-electron chi connectivity index (χ0n) is 17.7. The van der Waals surface area contributed by atoms with Crippen molar-refractivity contribution in [2.24, 2.45) is 0 Å². The Balaban J connectivity index is 1.56. The predicted molar refractivity (Wildman–Crippen MR) is 134 cm³/mol. The Morgan fingerprint density at radius 3 is 2.77 bits per heavy atom. The largest absolute Gasteiger partial charge is 0.416 e. The van der Waals surface area contributed by atoms with Crippen molar-refractivity contribution in [2.45, 2.75) is 25.7 Å². The molecule has 9 nitrogen and oxygen atoms in total. The first-order valence-electron chi connectivity index (χ1n) is 10.3. The van der Waals surface area contributed by atoms with Crippen molar-refractivity contribution >= 4 is 45.7 Å². The van der Waals surface area contributed by atoms with Gasteiger partial charge in [0.1, 0.15) is 17.0 Å². The first-order chi connectivity index (χ1) is 16.8. The summed E-state index contributed by atoms with van der Waals surface area (Å²) in [5.41, 5.74) is 1.58. The van der Waals surface area contributed by atoms with Gasteiger partial charge in [0.05, 0.1) is 30.4 Å². The monoisotopic (exact) mass is 634 g/mol. The number of hydrogen-bond acceptors (Lipinski definition) is 6. The van der Waals surface area contributed by atoms with E-state index in [1.54, 1.807) is 16.9 Å². The molecule has 35 heavy (non-hydrogen) atoms. The van der Waals surface area contributed by atoms with Crippen LogP contribution in [-0.4, -0.2) is 41.1 Å². The van der Waals surface area contributed by atoms with E-state index in [0.717, 1.165) is 17.3 Å². The highest BCUT2D eigenvalue weighted by molar-refractivity contribution is 14.2. The van der Waals surface area contributed by atoms with Crippen LogP contribution in [0.2, 0.25) is 5.02 Å². The first kappa shape index (κ1) is 24.2. The Kier molecular flexibility index (Phi) is 6.57. The molecule has 0 saturated heterocycles. The summed E-state index contributed by atoms with van der Waals surface area (Å²) in [5, 5.41) is 15.5. The van der Waals surface area contributed by atoms with Crippen molar-refractivity contribution < 1.29 is 13.2 Å². The molecular weight excluding hydrogens is 619 g/mol. The minimum Gasteiger partial charge on any atom is -0.364 e. The summed E-state index contributed by atoms with van der Waals surface area (Å²) < 4.78 is 43.6. The summed E-state index contributed by atoms with van der Waals surface area (Å²) >= 11 is 8.43. The SMILES string of the molecule is O=c1c(Cl)c(N2CCc3c(c(-c4ncn[nH]4)nn3Cc3ccccc3C(F)(F)F)C2)cnn1PI. The molecule has 1 unspecified atom stereocenters. The maximum absolute atomic E-state index is 13.6. The van der Waals surface area contributed by atoms with Crippen molar-refractivity contribution in [3.8, 4) is 11.5 Å². The number of H-pyrrole nitrogens is 1. The van der Waals surface area contributed by atoms with Crippen LogP contribution in [0.25, 0.3) is 11.5 Å². The number of rotatable bonds is 5. The molecule has 1 aromatic carbocycles. The standard InChI is InChI=1S/C20H16ClF3IN8OP/c21-16-15(7-28-33(35-25)19(16)34)31-6-5-14-12(9-31)17(18-26-10-27-29-18)30-32(14)8-11-3-1-2-4-13(11)20(22,23)24/h1-4,7,10,35H,5-6,8-9H2,(H,26,27,29). The van der Waals surface area contributed by atoms with E-state index >= 15 is 0 Å². The average Bonchev–Trinajstić information content (AvgIpc) is 3.49. The number of hydrogen-bond donors (Lipinski definition) is 1. The lowest BCUT2D eigenvalue weighted by atomic mass is 10.0. The number of fused-ring (bicyclic) bond motifs is 1. The highest BCUT2D eigenvalue weighted by Gasteiger charge is 2.34. The summed E-state index contributed by atoms with van der Waals surface area (Å²) in [5.74, 6) is 0.400. The van der Waals surface area contributed by atoms with Crippen molar-refractivity contribution in [1.29, 1.82) is 0 Å². The van der Waals surface area contributed by atoms with E-state index in [0.29, 0.717) is 36.7 Å². The quantitative estimate of drug-likeness (QED) is 0.260. The number of benzene rings is 1. The van der Waals surface area contributed by atoms with Gasteiger partial charge >= 0.3 is 6.18 Å². The van der Waals surface area contributed by atoms with Crippen LogP contribution in [0.5, 0.6) is 0 Å². The number of anilines is 1. The van der Waals surface area contributed by atoms with Gasteiger partial charge in [-0.15, -0.1) is 0 Å². The van der Waals surface area contributed by atoms with E-state index in [4.69, 9.17) is 11.6 Å². The molecule has 4 aromatic rings. The van der Waals surface area contributed by atoms with Gasteiger partial charge in [-0.3, -0.25) is 14.6 Å². The molecule has 5 rings (SSSR count). The normalized spacial score (nSPS) is 14.1. The zero-order chi connectivity index (χ0) is 24.7. The fourth-order valence-corrected chi connectivity index (χ4v) is 5.78. The van der Waals surface area contributed by atoms with Crippen molar-refractivity contribution in [3.63, 3.8) is 0 Å². The summed E-state index contributed by atoms with van der Waals surface area (Å²) in [7, 11) is 0. The van der Waals surface area contributed by atoms with E-state index in [1.165, 1.54) is 22.9 Å². The number of nitrogens with zero attached hydrogens (tertiary/aromatic N) is 7. The Hall–Kier alpha value is -2.51. The molecule has 0 radical (unpaired) electrons. The smallest absolute Gasteiger partial charge is 0.364 e. The van der Waals surface area contributed by atoms with Gasteiger partial charge in [0.2, 0.25) is 0 Å². The van der Waals surface area contributed by atoms with Crippen LogP contribution >= 0.6 is 40.0 Å². The molecule has 0 aliphatic carbocycles. The molecule has 15 heteroatoms. The summed E-state index contributed by atoms with van der Waals surface area (Å²) in [6.45, 7) is 0.748. The molecule has 3 aromatic heterocycles. The lowest BCUT2D eigenvalue weighted by molar-refractivity contribution is -0.138. The second kappa shape index (κ2) is 9.51. The van der Waals surface area contributed by atoms with Gasteiger partial charge in [-0.1, -0.05) is 29.8 Å². The lowest BCUT2D eigenvalue weighted by Crippen LogP contribution is -2.33. The van der Waals surface area contributed by atoms with Crippen LogP contribution in [-0.2, 0) is 25.7 Å². The molecular formula is C20H16ClF3IN8OP. The van der Waals surface area contributed by atoms with E-state index in [9.17, 15) is 18.0 Å². The summed E-state index contributed by atoms with van der Waals surface area (Å²) in [4.78, 5) is 18.6. The molecule has 0 bridgehead atoms. The molecule has 1 N–H and O–H groups in total. The molecule has 182 valence electrons. The van der Waals surface area contributed by atoms with Crippen LogP contribution in [0.3, 0.4) is 0 Å². The van der Waals surface area contributed by atoms with Gasteiger partial charge in [0.15, 0.2) is 5.82 Å². The third kappa shape index (κ3) is 4.56. The van der Waals surface area contributed by atoms with Crippen molar-refractivity contribution in [2.75, 3.05) is 11.4 Å². The van der Waals surface area contributed by atoms with Gasteiger partial charge in [-0.25, -0.2) is 9.44 Å². The van der Waals surface area contributed by atoms with Gasteiger partial charge in [-0.2, -0.15) is 28.5 Å². The lowest BCUT2D eigenvalue weighted by Gasteiger charge is -2.30. The van der Waals surface area contributed by atoms with Crippen molar-refractivity contribution in [3.05, 3.63) is 74.6 Å². The van der Waals surface area contributed by atoms with E-state index < -0.39 is 11.7 Å². The van der Waals surface area contributed by atoms with Gasteiger partial charge < -0.3 is 4.90 Å². The molecule has 1 aliphatic heterocycles. The Morgan fingerprint density at radius 2 is 2.06 bits per heavy atom. The van der Waals surface area contributed by atoms with E-state index in [-0.39, 0.29) is 29.1 Å². The second-order valence-corrected chi connectivity index (χ2v) is 10.2. The number of aromatic amines is 1. The number of aromatic nitrogens is 7. The molecule has 4 heterocycles. The maximum atomic E-state index is 13.6. The second-order valence-electron chi connectivity index (χ2n) is 7.74. The molecule has 1 aliphatic rings. The number of halogens is 5. The highest BCUT2D eigenvalue weighted by Crippen LogP contribution is 2.35. The van der Waals surface area contributed by atoms with Crippen molar-refractivity contribution in [1.82, 2.24) is 34.5 Å². The number of alkyl halides is 3. The minimum absolute atomic E-state index is 0.0545. The fraction of sp³-hybridized carbons (Fsp3) is 0.250. The molecule has 0 amide bonds. The maximum Gasteiger partial charge on any atom is 0.416 e. The number of nitrogens with one attached hydrogen (secondary N) is 1. The summed E-state index contributed by atoms with van der Waals surface area (Å²) in [6, 6.07) is 5.46. The van der Waals surface area contributed by atoms with Gasteiger partial charge in [0.25, 0.3) is 5.56 Å². The van der Waals surface area contributed by atoms with Crippen LogP contribution in [0.15, 0.2) is 41.6 Å². The van der Waals surface area contributed by atoms with Crippen LogP contribution in [0, 0.1) is 0 Å². The zero-order valence-corrected chi connectivity index (χ0v) is 21.6. The highest BCUT2D eigenvalue weighted by atomic mass is 127. The topological polar surface area (TPSA) is 97.5 Å². The van der Waals surface area contributed by atoms with Crippen LogP contribution in [0.4, 0.5) is 18.9 Å². The molecule has 1 atom stereocenters. The Bertz CT molecular complexity index is 1440.